The Balaban J connectivity index is 2.44. The van der Waals surface area contributed by atoms with E-state index in [1.54, 1.807) is 0 Å². The van der Waals surface area contributed by atoms with Crippen molar-refractivity contribution in [3.05, 3.63) is 35.4 Å². The maximum Gasteiger partial charge on any atom is 0.220 e. The zero-order valence-electron chi connectivity index (χ0n) is 8.40. The third-order valence-corrected chi connectivity index (χ3v) is 2.43. The molecule has 0 aliphatic carbocycles. The first-order valence-electron chi connectivity index (χ1n) is 4.83. The molecule has 0 spiro atoms. The number of rotatable bonds is 1. The summed E-state index contributed by atoms with van der Waals surface area (Å²) in [4.78, 5) is 0. The lowest BCUT2D eigenvalue weighted by Crippen LogP contribution is -2.24. The molecule has 0 saturated heterocycles. The predicted molar refractivity (Wildman–Crippen MR) is 55.9 cm³/mol. The van der Waals surface area contributed by atoms with E-state index in [1.807, 2.05) is 44.2 Å². The zero-order chi connectivity index (χ0) is 10.1. The van der Waals surface area contributed by atoms with E-state index in [9.17, 15) is 5.11 Å². The summed E-state index contributed by atoms with van der Waals surface area (Å²) in [5.41, 5.74) is 1.98. The van der Waals surface area contributed by atoms with Crippen molar-refractivity contribution in [2.45, 2.75) is 20.1 Å². The van der Waals surface area contributed by atoms with E-state index >= 15 is 0 Å². The van der Waals surface area contributed by atoms with E-state index in [4.69, 9.17) is 4.74 Å². The fourth-order valence-electron chi connectivity index (χ4n) is 1.60. The number of fused-ring (bicyclic) bond motifs is 1. The molecular weight excluding hydrogens is 176 g/mol. The van der Waals surface area contributed by atoms with Gasteiger partial charge < -0.3 is 9.84 Å². The SMILES string of the molecule is CC(C)C1=Cc2ccccc2OC1O. The van der Waals surface area contributed by atoms with Crippen LogP contribution in [-0.4, -0.2) is 11.4 Å². The summed E-state index contributed by atoms with van der Waals surface area (Å²) in [5.74, 6) is 1.06. The molecule has 1 heterocycles. The van der Waals surface area contributed by atoms with Gasteiger partial charge in [-0.15, -0.1) is 0 Å². The molecule has 1 aliphatic rings. The van der Waals surface area contributed by atoms with Gasteiger partial charge in [-0.25, -0.2) is 0 Å². The van der Waals surface area contributed by atoms with Crippen LogP contribution in [0.5, 0.6) is 5.75 Å². The third-order valence-electron chi connectivity index (χ3n) is 2.43. The molecule has 1 aromatic carbocycles. The van der Waals surface area contributed by atoms with Crippen LogP contribution in [0.3, 0.4) is 0 Å². The van der Waals surface area contributed by atoms with Gasteiger partial charge in [0.15, 0.2) is 0 Å². The first kappa shape index (κ1) is 9.28. The molecule has 2 heteroatoms. The van der Waals surface area contributed by atoms with Gasteiger partial charge in [-0.3, -0.25) is 0 Å². The Labute approximate surface area is 83.8 Å². The molecule has 0 fully saturated rings. The van der Waals surface area contributed by atoms with Crippen LogP contribution in [-0.2, 0) is 0 Å². The summed E-state index contributed by atoms with van der Waals surface area (Å²) in [6.07, 6.45) is 1.22. The second-order valence-corrected chi connectivity index (χ2v) is 3.81. The van der Waals surface area contributed by atoms with Crippen LogP contribution in [0.4, 0.5) is 0 Å². The molecule has 1 aliphatic heterocycles. The summed E-state index contributed by atoms with van der Waals surface area (Å²) in [6.45, 7) is 4.10. The van der Waals surface area contributed by atoms with Gasteiger partial charge in [0.2, 0.25) is 6.29 Å². The van der Waals surface area contributed by atoms with Gasteiger partial charge in [0.25, 0.3) is 0 Å². The molecule has 2 rings (SSSR count). The Morgan fingerprint density at radius 2 is 2.00 bits per heavy atom. The highest BCUT2D eigenvalue weighted by atomic mass is 16.6. The van der Waals surface area contributed by atoms with Gasteiger partial charge in [-0.1, -0.05) is 32.0 Å². The number of ether oxygens (including phenoxy) is 1. The van der Waals surface area contributed by atoms with Crippen LogP contribution in [0.1, 0.15) is 19.4 Å². The monoisotopic (exact) mass is 190 g/mol. The number of aliphatic hydroxyl groups excluding tert-OH is 1. The van der Waals surface area contributed by atoms with Crippen molar-refractivity contribution in [2.75, 3.05) is 0 Å². The number of benzene rings is 1. The Bertz CT molecular complexity index is 366. The standard InChI is InChI=1S/C12H14O2/c1-8(2)10-7-9-5-3-4-6-11(9)14-12(10)13/h3-8,12-13H,1-2H3. The van der Waals surface area contributed by atoms with Gasteiger partial charge in [-0.05, 0) is 18.1 Å². The summed E-state index contributed by atoms with van der Waals surface area (Å²) in [7, 11) is 0. The molecule has 74 valence electrons. The normalized spacial score (nSPS) is 20.0. The Hall–Kier alpha value is -1.28. The fraction of sp³-hybridized carbons (Fsp3) is 0.333. The minimum atomic E-state index is -0.787. The van der Waals surface area contributed by atoms with Crippen LogP contribution in [0.25, 0.3) is 6.08 Å². The molecule has 14 heavy (non-hydrogen) atoms. The molecule has 2 nitrogen and oxygen atoms in total. The van der Waals surface area contributed by atoms with Crippen molar-refractivity contribution in [2.24, 2.45) is 5.92 Å². The lowest BCUT2D eigenvalue weighted by Gasteiger charge is -2.25. The number of aliphatic hydroxyl groups is 1. The van der Waals surface area contributed by atoms with Gasteiger partial charge in [0.05, 0.1) is 0 Å². The fourth-order valence-corrected chi connectivity index (χ4v) is 1.60. The number of hydrogen-bond acceptors (Lipinski definition) is 2. The summed E-state index contributed by atoms with van der Waals surface area (Å²) in [6, 6.07) is 7.73. The quantitative estimate of drug-likeness (QED) is 0.737. The summed E-state index contributed by atoms with van der Waals surface area (Å²) in [5, 5.41) is 9.70. The maximum absolute atomic E-state index is 9.70. The number of hydrogen-bond donors (Lipinski definition) is 1. The highest BCUT2D eigenvalue weighted by Gasteiger charge is 2.21. The Morgan fingerprint density at radius 3 is 2.71 bits per heavy atom. The van der Waals surface area contributed by atoms with Gasteiger partial charge in [0.1, 0.15) is 5.75 Å². The van der Waals surface area contributed by atoms with Gasteiger partial charge >= 0.3 is 0 Å². The lowest BCUT2D eigenvalue weighted by atomic mass is 9.97. The highest BCUT2D eigenvalue weighted by Crippen LogP contribution is 2.31. The van der Waals surface area contributed by atoms with E-state index in [0.29, 0.717) is 5.92 Å². The third kappa shape index (κ3) is 1.53. The van der Waals surface area contributed by atoms with Crippen LogP contribution in [0.2, 0.25) is 0 Å². The minimum Gasteiger partial charge on any atom is -0.461 e. The topological polar surface area (TPSA) is 29.5 Å². The van der Waals surface area contributed by atoms with Crippen molar-refractivity contribution >= 4 is 6.08 Å². The van der Waals surface area contributed by atoms with Crippen molar-refractivity contribution in [3.63, 3.8) is 0 Å². The first-order valence-corrected chi connectivity index (χ1v) is 4.83. The largest absolute Gasteiger partial charge is 0.461 e. The minimum absolute atomic E-state index is 0.304. The molecule has 1 N–H and O–H groups in total. The van der Waals surface area contributed by atoms with Crippen LogP contribution >= 0.6 is 0 Å². The van der Waals surface area contributed by atoms with Gasteiger partial charge in [0, 0.05) is 11.1 Å². The van der Waals surface area contributed by atoms with Crippen molar-refractivity contribution in [1.82, 2.24) is 0 Å². The van der Waals surface area contributed by atoms with Crippen molar-refractivity contribution < 1.29 is 9.84 Å². The van der Waals surface area contributed by atoms with E-state index in [1.165, 1.54) is 0 Å². The average Bonchev–Trinajstić information content (AvgIpc) is 2.16. The molecule has 0 saturated carbocycles. The Morgan fingerprint density at radius 1 is 1.29 bits per heavy atom. The molecule has 0 aromatic heterocycles. The second kappa shape index (κ2) is 3.46. The van der Waals surface area contributed by atoms with E-state index < -0.39 is 6.29 Å². The molecule has 1 aromatic rings. The first-order chi connectivity index (χ1) is 6.68. The van der Waals surface area contributed by atoms with E-state index in [-0.39, 0.29) is 0 Å². The average molecular weight is 190 g/mol. The molecular formula is C12H14O2. The summed E-state index contributed by atoms with van der Waals surface area (Å²) < 4.78 is 5.39. The van der Waals surface area contributed by atoms with Crippen molar-refractivity contribution in [1.29, 1.82) is 0 Å². The lowest BCUT2D eigenvalue weighted by molar-refractivity contribution is 0.00654. The van der Waals surface area contributed by atoms with Crippen molar-refractivity contribution in [3.8, 4) is 5.75 Å². The summed E-state index contributed by atoms with van der Waals surface area (Å²) >= 11 is 0. The maximum atomic E-state index is 9.70. The molecule has 0 amide bonds. The van der Waals surface area contributed by atoms with E-state index in [0.717, 1.165) is 16.9 Å². The Kier molecular flexibility index (Phi) is 2.30. The molecule has 1 atom stereocenters. The zero-order valence-corrected chi connectivity index (χ0v) is 8.40. The molecule has 0 radical (unpaired) electrons. The van der Waals surface area contributed by atoms with Crippen LogP contribution in [0, 0.1) is 5.92 Å². The highest BCUT2D eigenvalue weighted by molar-refractivity contribution is 5.62. The van der Waals surface area contributed by atoms with E-state index in [2.05, 4.69) is 0 Å². The smallest absolute Gasteiger partial charge is 0.220 e. The molecule has 0 bridgehead atoms. The predicted octanol–water partition coefficient (Wildman–Crippen LogP) is 2.44. The van der Waals surface area contributed by atoms with Gasteiger partial charge in [-0.2, -0.15) is 0 Å². The van der Waals surface area contributed by atoms with Crippen LogP contribution < -0.4 is 4.74 Å². The second-order valence-electron chi connectivity index (χ2n) is 3.81. The van der Waals surface area contributed by atoms with Crippen LogP contribution in [0.15, 0.2) is 29.8 Å². The number of para-hydroxylation sites is 1. The molecule has 1 unspecified atom stereocenters.